The molecular weight excluding hydrogens is 801 g/mol. The van der Waals surface area contributed by atoms with Gasteiger partial charge in [0.1, 0.15) is 18.1 Å². The van der Waals surface area contributed by atoms with Crippen molar-refractivity contribution >= 4 is 35.0 Å². The number of hydrogen-bond acceptors (Lipinski definition) is 11. The smallest absolute Gasteiger partial charge is 0.356 e. The van der Waals surface area contributed by atoms with E-state index >= 15 is 0 Å². The van der Waals surface area contributed by atoms with Crippen molar-refractivity contribution in [1.82, 2.24) is 10.8 Å². The quantitative estimate of drug-likeness (QED) is 0.0296. The summed E-state index contributed by atoms with van der Waals surface area (Å²) in [6.45, 7) is -0.896. The first-order valence-electron chi connectivity index (χ1n) is 20.1. The number of nitrogens with zero attached hydrogens (tertiary/aromatic N) is 2. The van der Waals surface area contributed by atoms with E-state index in [1.807, 2.05) is 74.4 Å². The Labute approximate surface area is 351 Å². The number of halogens is 4. The predicted molar refractivity (Wildman–Crippen MR) is 218 cm³/mol. The van der Waals surface area contributed by atoms with Crippen LogP contribution in [0.4, 0.5) is 28.9 Å². The van der Waals surface area contributed by atoms with Crippen LogP contribution in [-0.4, -0.2) is 71.5 Å². The van der Waals surface area contributed by atoms with Crippen LogP contribution in [-0.2, 0) is 24.8 Å². The number of carbonyl (C=O) groups excluding carboxylic acids is 4. The number of anilines is 2. The fourth-order valence-corrected chi connectivity index (χ4v) is 7.27. The molecule has 2 aliphatic rings. The van der Waals surface area contributed by atoms with Crippen molar-refractivity contribution < 1.29 is 55.8 Å². The Kier molecular flexibility index (Phi) is 14.2. The molecule has 4 aromatic rings. The van der Waals surface area contributed by atoms with Crippen molar-refractivity contribution in [1.29, 1.82) is 0 Å². The predicted octanol–water partition coefficient (Wildman–Crippen LogP) is 7.88. The third-order valence-electron chi connectivity index (χ3n) is 10.6. The molecule has 2 heterocycles. The summed E-state index contributed by atoms with van der Waals surface area (Å²) in [5, 5.41) is 2.39. The van der Waals surface area contributed by atoms with Gasteiger partial charge in [0.05, 0.1) is 17.7 Å². The number of hydroxylamine groups is 1. The fraction of sp³-hybridized carbons (Fsp3) is 0.378. The molecule has 0 bridgehead atoms. The summed E-state index contributed by atoms with van der Waals surface area (Å²) in [6, 6.07) is 16.5. The topological polar surface area (TPSA) is 136 Å². The Bertz CT molecular complexity index is 2220. The molecule has 16 heteroatoms. The highest BCUT2D eigenvalue weighted by Gasteiger charge is 2.54. The summed E-state index contributed by atoms with van der Waals surface area (Å²) in [5.41, 5.74) is 5.71. The number of Topliss-reactive ketones (excluding diaryl/α,β-unsaturated/α-hetero) is 1. The molecule has 61 heavy (non-hydrogen) atoms. The molecule has 0 aromatic heterocycles. The highest BCUT2D eigenvalue weighted by atomic mass is 19.2. The fourth-order valence-electron chi connectivity index (χ4n) is 7.27. The molecule has 0 unspecified atom stereocenters. The van der Waals surface area contributed by atoms with Crippen LogP contribution in [0.1, 0.15) is 95.2 Å². The number of ketones is 1. The average molecular weight is 849 g/mol. The van der Waals surface area contributed by atoms with E-state index in [1.165, 1.54) is 6.07 Å². The lowest BCUT2D eigenvalue weighted by Crippen LogP contribution is -2.33. The third kappa shape index (κ3) is 9.91. The molecule has 1 amide bonds. The van der Waals surface area contributed by atoms with E-state index in [0.717, 1.165) is 56.3 Å². The molecule has 0 aliphatic carbocycles. The maximum Gasteiger partial charge on any atom is 0.356 e. The zero-order chi connectivity index (χ0) is 43.8. The highest BCUT2D eigenvalue weighted by molar-refractivity contribution is 6.00. The van der Waals surface area contributed by atoms with Crippen molar-refractivity contribution in [3.05, 3.63) is 112 Å². The van der Waals surface area contributed by atoms with Gasteiger partial charge in [0.15, 0.2) is 28.8 Å². The maximum absolute atomic E-state index is 13.7. The van der Waals surface area contributed by atoms with Crippen LogP contribution >= 0.6 is 0 Å². The molecule has 0 atom stereocenters. The molecule has 12 nitrogen and oxygen atoms in total. The van der Waals surface area contributed by atoms with Crippen LogP contribution in [0.5, 0.6) is 17.2 Å². The van der Waals surface area contributed by atoms with Crippen molar-refractivity contribution in [2.24, 2.45) is 0 Å². The van der Waals surface area contributed by atoms with Gasteiger partial charge < -0.3 is 34.2 Å². The number of benzene rings is 4. The van der Waals surface area contributed by atoms with E-state index in [9.17, 15) is 36.7 Å². The molecule has 1 spiro atoms. The molecule has 0 fully saturated rings. The minimum atomic E-state index is -1.75. The Morgan fingerprint density at radius 3 is 1.85 bits per heavy atom. The Balaban J connectivity index is 0.885. The van der Waals surface area contributed by atoms with Crippen molar-refractivity contribution in [2.45, 2.75) is 63.4 Å². The number of carbonyl (C=O) groups is 4. The maximum atomic E-state index is 13.7. The second-order valence-corrected chi connectivity index (χ2v) is 15.3. The standard InChI is InChI=1S/C45H48F4N4O8/c1-52(2)28-15-18-33-37(22-28)59-38-23-29(53(3)4)16-19-34(38)45(33)32-17-14-27(21-31(32)44(57)60-45)43(56)61-51-20-12-10-8-6-5-7-9-11-13-39(55)50-25-30(54)26-58-42-40(48)35(46)24-36(47)41(42)49/h14-19,21-24,51H,5-13,20,25-26H2,1-4H3,(H,50,55). The summed E-state index contributed by atoms with van der Waals surface area (Å²) in [7, 11) is 7.74. The third-order valence-corrected chi connectivity index (χ3v) is 10.6. The van der Waals surface area contributed by atoms with E-state index in [0.29, 0.717) is 41.2 Å². The van der Waals surface area contributed by atoms with Crippen LogP contribution < -0.4 is 30.1 Å². The lowest BCUT2D eigenvalue weighted by molar-refractivity contribution is -0.126. The molecule has 2 N–H and O–H groups in total. The molecule has 324 valence electrons. The second-order valence-electron chi connectivity index (χ2n) is 15.3. The number of ether oxygens (including phenoxy) is 3. The molecule has 4 aromatic carbocycles. The zero-order valence-corrected chi connectivity index (χ0v) is 34.4. The highest BCUT2D eigenvalue weighted by Crippen LogP contribution is 2.57. The van der Waals surface area contributed by atoms with Gasteiger partial charge in [-0.3, -0.25) is 9.59 Å². The number of fused-ring (bicyclic) bond motifs is 6. The lowest BCUT2D eigenvalue weighted by atomic mass is 9.77. The van der Waals surface area contributed by atoms with Crippen LogP contribution in [0.3, 0.4) is 0 Å². The monoisotopic (exact) mass is 848 g/mol. The van der Waals surface area contributed by atoms with Crippen molar-refractivity contribution in [2.75, 3.05) is 57.7 Å². The molecular formula is C45H48F4N4O8. The van der Waals surface area contributed by atoms with Gasteiger partial charge in [0, 0.05) is 87.4 Å². The van der Waals surface area contributed by atoms with Gasteiger partial charge in [-0.1, -0.05) is 44.6 Å². The van der Waals surface area contributed by atoms with Crippen LogP contribution in [0.15, 0.2) is 60.7 Å². The van der Waals surface area contributed by atoms with E-state index in [-0.39, 0.29) is 29.5 Å². The summed E-state index contributed by atoms with van der Waals surface area (Å²) in [5.74, 6) is -9.33. The number of amides is 1. The van der Waals surface area contributed by atoms with Gasteiger partial charge >= 0.3 is 11.9 Å². The molecule has 0 saturated heterocycles. The molecule has 0 saturated carbocycles. The minimum Gasteiger partial charge on any atom is -0.479 e. The molecule has 6 rings (SSSR count). The van der Waals surface area contributed by atoms with Gasteiger partial charge in [-0.2, -0.15) is 14.3 Å². The van der Waals surface area contributed by atoms with Crippen molar-refractivity contribution in [3.8, 4) is 17.2 Å². The van der Waals surface area contributed by atoms with E-state index in [1.54, 1.807) is 12.1 Å². The number of nitrogens with one attached hydrogen (secondary N) is 2. The van der Waals surface area contributed by atoms with Gasteiger partial charge in [-0.25, -0.2) is 18.4 Å². The minimum absolute atomic E-state index is 0.0306. The summed E-state index contributed by atoms with van der Waals surface area (Å²) < 4.78 is 71.2. The second kappa shape index (κ2) is 19.5. The van der Waals surface area contributed by atoms with Crippen LogP contribution in [0.2, 0.25) is 0 Å². The summed E-state index contributed by atoms with van der Waals surface area (Å²) in [4.78, 5) is 59.9. The van der Waals surface area contributed by atoms with Crippen molar-refractivity contribution in [3.63, 3.8) is 0 Å². The Morgan fingerprint density at radius 2 is 1.26 bits per heavy atom. The number of rotatable bonds is 20. The number of esters is 1. The van der Waals surface area contributed by atoms with Gasteiger partial charge in [-0.15, -0.1) is 0 Å². The number of unbranched alkanes of at least 4 members (excludes halogenated alkanes) is 7. The van der Waals surface area contributed by atoms with Gasteiger partial charge in [0.25, 0.3) is 0 Å². The summed E-state index contributed by atoms with van der Waals surface area (Å²) >= 11 is 0. The lowest BCUT2D eigenvalue weighted by Gasteiger charge is -2.37. The van der Waals surface area contributed by atoms with E-state index in [4.69, 9.17) is 14.3 Å². The van der Waals surface area contributed by atoms with E-state index < -0.39 is 65.5 Å². The van der Waals surface area contributed by atoms with Crippen LogP contribution in [0.25, 0.3) is 0 Å². The molecule has 2 aliphatic heterocycles. The molecule has 0 radical (unpaired) electrons. The summed E-state index contributed by atoms with van der Waals surface area (Å²) in [6.07, 6.45) is 7.09. The van der Waals surface area contributed by atoms with E-state index in [2.05, 4.69) is 15.5 Å². The van der Waals surface area contributed by atoms with Crippen LogP contribution in [0, 0.1) is 23.3 Å². The Hall–Kier alpha value is -6.16. The SMILES string of the molecule is CN(C)c1ccc2c(c1)Oc1cc(N(C)C)ccc1C21OC(=O)c2cc(C(=O)ONCCCCCCCCCCC(=O)NCC(=O)COc3c(F)c(F)cc(F)c3F)ccc21. The zero-order valence-electron chi connectivity index (χ0n) is 34.4. The number of hydrogen-bond donors (Lipinski definition) is 2. The van der Waals surface area contributed by atoms with Gasteiger partial charge in [0.2, 0.25) is 17.5 Å². The first kappa shape index (κ1) is 44.4. The largest absolute Gasteiger partial charge is 0.479 e. The average Bonchev–Trinajstić information content (AvgIpc) is 3.53. The Morgan fingerprint density at radius 1 is 0.705 bits per heavy atom. The van der Waals surface area contributed by atoms with Gasteiger partial charge in [-0.05, 0) is 49.2 Å². The first-order chi connectivity index (χ1) is 29.2. The first-order valence-corrected chi connectivity index (χ1v) is 20.1. The normalized spacial score (nSPS) is 13.1.